The Labute approximate surface area is 235 Å². The van der Waals surface area contributed by atoms with E-state index >= 15 is 0 Å². The molecule has 1 rings (SSSR count). The number of nitrogens with two attached hydrogens (primary N) is 4. The van der Waals surface area contributed by atoms with Crippen LogP contribution in [0.3, 0.4) is 0 Å². The summed E-state index contributed by atoms with van der Waals surface area (Å²) in [6.45, 7) is 0.172. The lowest BCUT2D eigenvalue weighted by Gasteiger charge is -2.25. The van der Waals surface area contributed by atoms with Crippen molar-refractivity contribution in [1.29, 1.82) is 0 Å². The summed E-state index contributed by atoms with van der Waals surface area (Å²) in [5.41, 5.74) is 22.2. The molecule has 4 unspecified atom stereocenters. The Morgan fingerprint density at radius 1 is 0.900 bits per heavy atom. The minimum Gasteiger partial charge on any atom is -0.508 e. The third-order valence-electron chi connectivity index (χ3n) is 5.58. The lowest BCUT2D eigenvalue weighted by Crippen LogP contribution is -2.58. The number of carbonyl (C=O) groups is 5. The van der Waals surface area contributed by atoms with Gasteiger partial charge in [-0.2, -0.15) is 11.8 Å². The second kappa shape index (κ2) is 17.5. The van der Waals surface area contributed by atoms with Gasteiger partial charge in [-0.3, -0.25) is 24.2 Å². The Bertz CT molecular complexity index is 1050. The number of benzene rings is 1. The van der Waals surface area contributed by atoms with Crippen LogP contribution in [0, 0.1) is 0 Å². The van der Waals surface area contributed by atoms with Gasteiger partial charge in [0.25, 0.3) is 0 Å². The van der Waals surface area contributed by atoms with Crippen molar-refractivity contribution in [1.82, 2.24) is 16.0 Å². The van der Waals surface area contributed by atoms with E-state index in [9.17, 15) is 34.2 Å². The molecule has 0 bridgehead atoms. The summed E-state index contributed by atoms with van der Waals surface area (Å²) in [5, 5.41) is 26.3. The smallest absolute Gasteiger partial charge is 0.326 e. The molecule has 222 valence electrons. The molecule has 4 atom stereocenters. The number of guanidine groups is 1. The molecule has 1 aromatic carbocycles. The number of amides is 4. The molecule has 0 aliphatic heterocycles. The van der Waals surface area contributed by atoms with E-state index in [1.165, 1.54) is 36.0 Å². The molecule has 0 fully saturated rings. The number of nitrogens with zero attached hydrogens (tertiary/aromatic N) is 1. The minimum atomic E-state index is -1.63. The molecule has 0 radical (unpaired) electrons. The van der Waals surface area contributed by atoms with Gasteiger partial charge in [0, 0.05) is 13.0 Å². The average Bonchev–Trinajstić information content (AvgIpc) is 2.88. The molecule has 0 aliphatic rings. The molecule has 0 spiro atoms. The maximum Gasteiger partial charge on any atom is 0.326 e. The zero-order valence-electron chi connectivity index (χ0n) is 22.2. The van der Waals surface area contributed by atoms with Crippen molar-refractivity contribution in [3.63, 3.8) is 0 Å². The standard InChI is InChI=1S/C24H38N8O7S/c1-40-10-8-15(25)20(35)30-16(3-2-9-29-24(27)28)21(36)31-17(11-13-4-6-14(33)7-5-13)22(37)32-18(23(38)39)12-19(26)34/h4-7,15-18,33H,2-3,8-12,25H2,1H3,(H2,26,34)(H,30,35)(H,31,36)(H,32,37)(H,38,39)(H4,27,28,29). The fraction of sp³-hybridized carbons (Fsp3) is 0.500. The van der Waals surface area contributed by atoms with Crippen LogP contribution in [0.5, 0.6) is 5.75 Å². The number of primary amides is 1. The number of rotatable bonds is 18. The molecule has 1 aromatic rings. The SMILES string of the molecule is CSCCC(N)C(=O)NC(CCCN=C(N)N)C(=O)NC(Cc1ccc(O)cc1)C(=O)NC(CC(N)=O)C(=O)O. The molecule has 0 saturated carbocycles. The van der Waals surface area contributed by atoms with Gasteiger partial charge in [0.05, 0.1) is 12.5 Å². The molecule has 15 nitrogen and oxygen atoms in total. The summed E-state index contributed by atoms with van der Waals surface area (Å²) in [5.74, 6) is -4.20. The van der Waals surface area contributed by atoms with Crippen LogP contribution in [-0.4, -0.2) is 88.5 Å². The monoisotopic (exact) mass is 582 g/mol. The van der Waals surface area contributed by atoms with E-state index in [1.54, 1.807) is 0 Å². The Morgan fingerprint density at radius 3 is 2.02 bits per heavy atom. The van der Waals surface area contributed by atoms with Crippen molar-refractivity contribution in [2.75, 3.05) is 18.6 Å². The quantitative estimate of drug-likeness (QED) is 0.0495. The highest BCUT2D eigenvalue weighted by molar-refractivity contribution is 7.98. The van der Waals surface area contributed by atoms with Crippen LogP contribution in [0.25, 0.3) is 0 Å². The van der Waals surface area contributed by atoms with Crippen LogP contribution in [0.1, 0.15) is 31.2 Å². The maximum absolute atomic E-state index is 13.3. The van der Waals surface area contributed by atoms with Crippen molar-refractivity contribution >= 4 is 47.3 Å². The first-order valence-corrected chi connectivity index (χ1v) is 13.7. The molecule has 0 saturated heterocycles. The molecule has 0 aromatic heterocycles. The lowest BCUT2D eigenvalue weighted by atomic mass is 10.0. The lowest BCUT2D eigenvalue weighted by molar-refractivity contribution is -0.143. The summed E-state index contributed by atoms with van der Waals surface area (Å²) < 4.78 is 0. The van der Waals surface area contributed by atoms with Crippen molar-refractivity contribution in [2.45, 2.75) is 56.3 Å². The van der Waals surface area contributed by atoms with Gasteiger partial charge in [-0.05, 0) is 49.0 Å². The third kappa shape index (κ3) is 13.1. The van der Waals surface area contributed by atoms with E-state index in [2.05, 4.69) is 20.9 Å². The third-order valence-corrected chi connectivity index (χ3v) is 6.22. The first-order valence-electron chi connectivity index (χ1n) is 12.3. The number of nitrogens with one attached hydrogen (secondary N) is 3. The van der Waals surface area contributed by atoms with Crippen LogP contribution in [0.15, 0.2) is 29.3 Å². The molecule has 4 amide bonds. The molecule has 40 heavy (non-hydrogen) atoms. The van der Waals surface area contributed by atoms with Crippen LogP contribution < -0.4 is 38.9 Å². The molecule has 0 heterocycles. The molecule has 16 heteroatoms. The van der Waals surface area contributed by atoms with Gasteiger partial charge in [-0.25, -0.2) is 4.79 Å². The second-order valence-electron chi connectivity index (χ2n) is 8.90. The van der Waals surface area contributed by atoms with Crippen molar-refractivity contribution < 1.29 is 34.2 Å². The summed E-state index contributed by atoms with van der Waals surface area (Å²) >= 11 is 1.51. The van der Waals surface area contributed by atoms with E-state index in [0.29, 0.717) is 24.2 Å². The number of carboxylic acids is 1. The summed E-state index contributed by atoms with van der Waals surface area (Å²) in [7, 11) is 0. The second-order valence-corrected chi connectivity index (χ2v) is 9.89. The average molecular weight is 583 g/mol. The molecule has 13 N–H and O–H groups in total. The summed E-state index contributed by atoms with van der Waals surface area (Å²) in [6.07, 6.45) is 1.85. The van der Waals surface area contributed by atoms with E-state index < -0.39 is 60.2 Å². The van der Waals surface area contributed by atoms with Crippen LogP contribution in [0.2, 0.25) is 0 Å². The van der Waals surface area contributed by atoms with E-state index in [0.717, 1.165) is 0 Å². The zero-order chi connectivity index (χ0) is 30.2. The highest BCUT2D eigenvalue weighted by atomic mass is 32.2. The minimum absolute atomic E-state index is 0.0254. The number of aliphatic imine (C=N–C) groups is 1. The number of aromatic hydroxyl groups is 1. The first kappa shape index (κ1) is 34.0. The Morgan fingerprint density at radius 2 is 1.48 bits per heavy atom. The largest absolute Gasteiger partial charge is 0.508 e. The number of phenolic OH excluding ortho intramolecular Hbond substituents is 1. The number of thioether (sulfide) groups is 1. The first-order chi connectivity index (χ1) is 18.8. The maximum atomic E-state index is 13.3. The molecular formula is C24H38N8O7S. The van der Waals surface area contributed by atoms with Gasteiger partial charge in [-0.15, -0.1) is 0 Å². The number of carboxylic acid groups (broad SMARTS) is 1. The predicted molar refractivity (Wildman–Crippen MR) is 150 cm³/mol. The van der Waals surface area contributed by atoms with Gasteiger partial charge in [-0.1, -0.05) is 12.1 Å². The molecule has 0 aliphatic carbocycles. The van der Waals surface area contributed by atoms with Crippen molar-refractivity contribution in [3.05, 3.63) is 29.8 Å². The van der Waals surface area contributed by atoms with Gasteiger partial charge < -0.3 is 49.1 Å². The number of carbonyl (C=O) groups excluding carboxylic acids is 4. The Kier molecular flexibility index (Phi) is 14.9. The van der Waals surface area contributed by atoms with E-state index in [4.69, 9.17) is 22.9 Å². The number of aliphatic carboxylic acids is 1. The van der Waals surface area contributed by atoms with Gasteiger partial charge >= 0.3 is 5.97 Å². The zero-order valence-corrected chi connectivity index (χ0v) is 23.0. The predicted octanol–water partition coefficient (Wildman–Crippen LogP) is -2.52. The summed E-state index contributed by atoms with van der Waals surface area (Å²) in [6, 6.07) is 0.824. The van der Waals surface area contributed by atoms with E-state index in [1.807, 2.05) is 6.26 Å². The molecular weight excluding hydrogens is 544 g/mol. The number of phenols is 1. The number of hydrogen-bond acceptors (Lipinski definition) is 9. The Hall–Kier alpha value is -4.05. The van der Waals surface area contributed by atoms with Crippen LogP contribution >= 0.6 is 11.8 Å². The van der Waals surface area contributed by atoms with Crippen molar-refractivity contribution in [3.8, 4) is 5.75 Å². The normalized spacial score (nSPS) is 13.7. The summed E-state index contributed by atoms with van der Waals surface area (Å²) in [4.78, 5) is 65.8. The van der Waals surface area contributed by atoms with Gasteiger partial charge in [0.2, 0.25) is 23.6 Å². The van der Waals surface area contributed by atoms with Gasteiger partial charge in [0.1, 0.15) is 23.9 Å². The fourth-order valence-electron chi connectivity index (χ4n) is 3.45. The van der Waals surface area contributed by atoms with Crippen LogP contribution in [-0.2, 0) is 30.4 Å². The highest BCUT2D eigenvalue weighted by Gasteiger charge is 2.31. The van der Waals surface area contributed by atoms with Gasteiger partial charge in [0.15, 0.2) is 5.96 Å². The number of hydrogen-bond donors (Lipinski definition) is 9. The topological polar surface area (TPSA) is 278 Å². The fourth-order valence-corrected chi connectivity index (χ4v) is 3.94. The van der Waals surface area contributed by atoms with Crippen molar-refractivity contribution in [2.24, 2.45) is 27.9 Å². The highest BCUT2D eigenvalue weighted by Crippen LogP contribution is 2.12. The van der Waals surface area contributed by atoms with Crippen LogP contribution in [0.4, 0.5) is 0 Å². The van der Waals surface area contributed by atoms with E-state index in [-0.39, 0.29) is 31.1 Å². The Balaban J connectivity index is 3.18.